The highest BCUT2D eigenvalue weighted by atomic mass is 127. The molecular weight excluding hydrogens is 461 g/mol. The van der Waals surface area contributed by atoms with Crippen molar-refractivity contribution in [3.05, 3.63) is 52.4 Å². The highest BCUT2D eigenvalue weighted by Crippen LogP contribution is 2.44. The van der Waals surface area contributed by atoms with Gasteiger partial charge in [-0.05, 0) is 34.9 Å². The molecule has 0 saturated carbocycles. The van der Waals surface area contributed by atoms with Crippen LogP contribution in [0, 0.1) is 0 Å². The second-order valence-electron chi connectivity index (χ2n) is 6.10. The number of thiazole rings is 1. The predicted octanol–water partition coefficient (Wildman–Crippen LogP) is 4.03. The van der Waals surface area contributed by atoms with E-state index in [0.717, 1.165) is 50.5 Å². The Bertz CT molecular complexity index is 1000. The van der Waals surface area contributed by atoms with E-state index in [2.05, 4.69) is 16.4 Å². The number of hydrogen-bond donors (Lipinski definition) is 3. The van der Waals surface area contributed by atoms with Gasteiger partial charge >= 0.3 is 0 Å². The number of carbonyl (C=O) groups is 1. The van der Waals surface area contributed by atoms with Crippen LogP contribution in [-0.4, -0.2) is 16.0 Å². The van der Waals surface area contributed by atoms with E-state index in [1.165, 1.54) is 18.3 Å². The number of anilines is 2. The summed E-state index contributed by atoms with van der Waals surface area (Å²) in [4.78, 5) is 17.3. The maximum absolute atomic E-state index is 11.7. The molecule has 1 aliphatic carbocycles. The number of aliphatic hydroxyl groups is 1. The smallest absolute Gasteiger partial charge is 0.221 e. The number of nitrogens with one attached hydrogen (secondary N) is 1. The van der Waals surface area contributed by atoms with Crippen molar-refractivity contribution < 1.29 is 9.90 Å². The number of benzene rings is 2. The number of nitrogens with zero attached hydrogens (tertiary/aromatic N) is 1. The normalized spacial score (nSPS) is 11.5. The number of aliphatic hydroxyl groups excluding tert-OH is 1. The highest BCUT2D eigenvalue weighted by Gasteiger charge is 2.25. The van der Waals surface area contributed by atoms with Gasteiger partial charge in [0.05, 0.1) is 12.3 Å². The predicted molar refractivity (Wildman–Crippen MR) is 116 cm³/mol. The van der Waals surface area contributed by atoms with Crippen LogP contribution in [0.4, 0.5) is 10.8 Å². The Kier molecular flexibility index (Phi) is 5.31. The molecule has 26 heavy (non-hydrogen) atoms. The maximum atomic E-state index is 11.7. The van der Waals surface area contributed by atoms with Crippen LogP contribution in [0.15, 0.2) is 36.4 Å². The number of halogens is 1. The Morgan fingerprint density at radius 3 is 2.85 bits per heavy atom. The number of rotatable bonds is 3. The number of amides is 1. The van der Waals surface area contributed by atoms with Gasteiger partial charge in [-0.2, -0.15) is 0 Å². The molecule has 0 fully saturated rings. The van der Waals surface area contributed by atoms with Gasteiger partial charge in [-0.25, -0.2) is 4.98 Å². The fourth-order valence-corrected chi connectivity index (χ4v) is 4.12. The third-order valence-corrected chi connectivity index (χ3v) is 5.18. The summed E-state index contributed by atoms with van der Waals surface area (Å²) >= 11 is 1.51. The van der Waals surface area contributed by atoms with Crippen molar-refractivity contribution in [1.29, 1.82) is 0 Å². The third-order valence-electron chi connectivity index (χ3n) is 4.29. The van der Waals surface area contributed by atoms with E-state index in [1.54, 1.807) is 0 Å². The summed E-state index contributed by atoms with van der Waals surface area (Å²) in [5, 5.41) is 12.9. The van der Waals surface area contributed by atoms with Crippen molar-refractivity contribution in [2.24, 2.45) is 0 Å². The van der Waals surface area contributed by atoms with Crippen LogP contribution in [0.1, 0.15) is 22.9 Å². The molecule has 1 amide bonds. The first-order chi connectivity index (χ1) is 12.0. The van der Waals surface area contributed by atoms with Crippen molar-refractivity contribution in [1.82, 2.24) is 4.98 Å². The van der Waals surface area contributed by atoms with Crippen molar-refractivity contribution in [3.8, 4) is 22.4 Å². The number of carbonyl (C=O) groups excluding carboxylic acids is 1. The van der Waals surface area contributed by atoms with E-state index in [1.807, 2.05) is 30.3 Å². The molecule has 0 aliphatic heterocycles. The first-order valence-electron chi connectivity index (χ1n) is 7.95. The lowest BCUT2D eigenvalue weighted by Crippen LogP contribution is -2.07. The molecule has 4 N–H and O–H groups in total. The second-order valence-corrected chi connectivity index (χ2v) is 7.21. The summed E-state index contributed by atoms with van der Waals surface area (Å²) in [7, 11) is 0. The summed E-state index contributed by atoms with van der Waals surface area (Å²) in [6.45, 7) is 1.47. The molecule has 2 aromatic carbocycles. The van der Waals surface area contributed by atoms with E-state index in [9.17, 15) is 9.90 Å². The molecule has 0 spiro atoms. The van der Waals surface area contributed by atoms with Gasteiger partial charge in [0, 0.05) is 35.0 Å². The minimum absolute atomic E-state index is 0. The molecular formula is C19H18IN3O2S. The van der Waals surface area contributed by atoms with Crippen LogP contribution >= 0.6 is 35.3 Å². The summed E-state index contributed by atoms with van der Waals surface area (Å²) < 4.78 is 0. The number of nitrogen functional groups attached to an aromatic ring is 1. The Balaban J connectivity index is 0.00000196. The number of nitrogens with two attached hydrogens (primary N) is 1. The SMILES string of the molecule is CC(=O)Nc1cc2c(cc1-c1cccc(CO)c1)-c1nc(N)sc1C2.I. The maximum Gasteiger partial charge on any atom is 0.221 e. The first kappa shape index (κ1) is 18.8. The van der Waals surface area contributed by atoms with Crippen LogP contribution in [0.5, 0.6) is 0 Å². The van der Waals surface area contributed by atoms with Gasteiger partial charge in [0.1, 0.15) is 0 Å². The fraction of sp³-hybridized carbons (Fsp3) is 0.158. The largest absolute Gasteiger partial charge is 0.392 e. The summed E-state index contributed by atoms with van der Waals surface area (Å²) in [6.07, 6.45) is 0.781. The van der Waals surface area contributed by atoms with E-state index in [4.69, 9.17) is 5.73 Å². The Hall–Kier alpha value is -1.97. The fourth-order valence-electron chi connectivity index (χ4n) is 3.25. The van der Waals surface area contributed by atoms with Gasteiger partial charge in [0.25, 0.3) is 0 Å². The quantitative estimate of drug-likeness (QED) is 0.387. The average Bonchev–Trinajstić information content (AvgIpc) is 3.09. The minimum atomic E-state index is -0.116. The molecule has 0 unspecified atom stereocenters. The molecule has 0 bridgehead atoms. The van der Waals surface area contributed by atoms with Gasteiger partial charge in [0.15, 0.2) is 5.13 Å². The molecule has 1 aromatic heterocycles. The first-order valence-corrected chi connectivity index (χ1v) is 8.77. The van der Waals surface area contributed by atoms with E-state index in [-0.39, 0.29) is 36.5 Å². The topological polar surface area (TPSA) is 88.2 Å². The summed E-state index contributed by atoms with van der Waals surface area (Å²) in [5.74, 6) is -0.116. The molecule has 0 atom stereocenters. The standard InChI is InChI=1S/C19H17N3O2S.HI/c1-10(24)21-16-6-13-7-17-18(22-19(20)25-17)15(13)8-14(16)12-4-2-3-11(5-12)9-23;/h2-6,8,23H,7,9H2,1H3,(H2,20,22)(H,21,24);1H. The lowest BCUT2D eigenvalue weighted by Gasteiger charge is -2.14. The van der Waals surface area contributed by atoms with Crippen LogP contribution in [-0.2, 0) is 17.8 Å². The molecule has 4 rings (SSSR count). The molecule has 134 valence electrons. The summed E-state index contributed by atoms with van der Waals surface area (Å²) in [5.41, 5.74) is 12.4. The number of hydrogen-bond acceptors (Lipinski definition) is 5. The third kappa shape index (κ3) is 3.34. The molecule has 1 aliphatic rings. The van der Waals surface area contributed by atoms with Gasteiger partial charge in [-0.1, -0.05) is 18.2 Å². The van der Waals surface area contributed by atoms with Gasteiger partial charge in [-0.15, -0.1) is 35.3 Å². The van der Waals surface area contributed by atoms with Crippen molar-refractivity contribution in [2.45, 2.75) is 20.0 Å². The van der Waals surface area contributed by atoms with Gasteiger partial charge in [0.2, 0.25) is 5.91 Å². The lowest BCUT2D eigenvalue weighted by atomic mass is 9.96. The highest BCUT2D eigenvalue weighted by molar-refractivity contribution is 14.0. The lowest BCUT2D eigenvalue weighted by molar-refractivity contribution is -0.114. The molecule has 1 heterocycles. The van der Waals surface area contributed by atoms with Crippen molar-refractivity contribution >= 4 is 52.0 Å². The summed E-state index contributed by atoms with van der Waals surface area (Å²) in [6, 6.07) is 11.7. The number of fused-ring (bicyclic) bond motifs is 3. The second kappa shape index (κ2) is 7.34. The molecule has 0 radical (unpaired) electrons. The van der Waals surface area contributed by atoms with E-state index in [0.29, 0.717) is 5.13 Å². The Morgan fingerprint density at radius 2 is 2.12 bits per heavy atom. The van der Waals surface area contributed by atoms with Gasteiger partial charge < -0.3 is 16.2 Å². The molecule has 3 aromatic rings. The molecule has 7 heteroatoms. The van der Waals surface area contributed by atoms with Crippen LogP contribution in [0.3, 0.4) is 0 Å². The Labute approximate surface area is 172 Å². The number of aromatic nitrogens is 1. The van der Waals surface area contributed by atoms with E-state index >= 15 is 0 Å². The minimum Gasteiger partial charge on any atom is -0.392 e. The Morgan fingerprint density at radius 1 is 1.31 bits per heavy atom. The van der Waals surface area contributed by atoms with Crippen LogP contribution in [0.25, 0.3) is 22.4 Å². The van der Waals surface area contributed by atoms with Crippen LogP contribution < -0.4 is 11.1 Å². The monoisotopic (exact) mass is 479 g/mol. The zero-order valence-corrected chi connectivity index (χ0v) is 17.2. The molecule has 5 nitrogen and oxygen atoms in total. The zero-order chi connectivity index (χ0) is 17.6. The zero-order valence-electron chi connectivity index (χ0n) is 14.1. The van der Waals surface area contributed by atoms with Gasteiger partial charge in [-0.3, -0.25) is 4.79 Å². The van der Waals surface area contributed by atoms with Crippen molar-refractivity contribution in [3.63, 3.8) is 0 Å². The van der Waals surface area contributed by atoms with Crippen LogP contribution in [0.2, 0.25) is 0 Å². The average molecular weight is 479 g/mol. The molecule has 0 saturated heterocycles. The van der Waals surface area contributed by atoms with Crippen molar-refractivity contribution in [2.75, 3.05) is 11.1 Å². The van der Waals surface area contributed by atoms with E-state index < -0.39 is 0 Å².